The Kier molecular flexibility index (Phi) is 3.32. The van der Waals surface area contributed by atoms with E-state index in [1.807, 2.05) is 22.0 Å². The van der Waals surface area contributed by atoms with Crippen LogP contribution in [-0.2, 0) is 0 Å². The van der Waals surface area contributed by atoms with Gasteiger partial charge in [-0.05, 0) is 25.7 Å². The molecule has 2 saturated heterocycles. The van der Waals surface area contributed by atoms with Gasteiger partial charge in [0.1, 0.15) is 0 Å². The summed E-state index contributed by atoms with van der Waals surface area (Å²) in [5, 5.41) is 0. The first-order valence-electron chi connectivity index (χ1n) is 6.10. The second kappa shape index (κ2) is 4.73. The molecule has 2 rings (SSSR count). The molecular weight excluding hydrogens is 200 g/mol. The summed E-state index contributed by atoms with van der Waals surface area (Å²) in [6.07, 6.45) is 8.08. The third-order valence-corrected chi connectivity index (χ3v) is 3.63. The Hall–Kier alpha value is -1.25. The second-order valence-corrected chi connectivity index (χ2v) is 4.56. The third kappa shape index (κ3) is 1.86. The van der Waals surface area contributed by atoms with Gasteiger partial charge in [0.15, 0.2) is 0 Å². The Morgan fingerprint density at radius 3 is 1.81 bits per heavy atom. The zero-order valence-electron chi connectivity index (χ0n) is 9.77. The minimum absolute atomic E-state index is 0.171. The highest BCUT2D eigenvalue weighted by Gasteiger charge is 2.34. The number of urea groups is 1. The van der Waals surface area contributed by atoms with Crippen molar-refractivity contribution in [2.45, 2.75) is 37.8 Å². The van der Waals surface area contributed by atoms with Crippen LogP contribution in [-0.4, -0.2) is 41.0 Å². The number of hydrogen-bond donors (Lipinski definition) is 0. The molecule has 2 aliphatic rings. The van der Waals surface area contributed by atoms with Crippen molar-refractivity contribution in [2.75, 3.05) is 13.1 Å². The average Bonchev–Trinajstić information content (AvgIpc) is 2.96. The van der Waals surface area contributed by atoms with Gasteiger partial charge in [0, 0.05) is 13.1 Å². The van der Waals surface area contributed by atoms with E-state index in [1.165, 1.54) is 0 Å². The molecule has 0 aromatic carbocycles. The Morgan fingerprint density at radius 2 is 1.44 bits per heavy atom. The summed E-state index contributed by atoms with van der Waals surface area (Å²) in [5.41, 5.74) is 0. The summed E-state index contributed by atoms with van der Waals surface area (Å²) < 4.78 is 0. The predicted molar refractivity (Wildman–Crippen MR) is 65.2 cm³/mol. The molecule has 2 aliphatic heterocycles. The van der Waals surface area contributed by atoms with Gasteiger partial charge in [-0.25, -0.2) is 4.79 Å². The molecule has 2 fully saturated rings. The van der Waals surface area contributed by atoms with E-state index in [9.17, 15) is 4.79 Å². The van der Waals surface area contributed by atoms with Gasteiger partial charge >= 0.3 is 6.03 Å². The van der Waals surface area contributed by atoms with Gasteiger partial charge < -0.3 is 9.80 Å². The number of carbonyl (C=O) groups excluding carboxylic acids is 1. The topological polar surface area (TPSA) is 23.6 Å². The summed E-state index contributed by atoms with van der Waals surface area (Å²) in [6.45, 7) is 9.36. The molecule has 0 aliphatic carbocycles. The number of hydrogen-bond acceptors (Lipinski definition) is 1. The van der Waals surface area contributed by atoms with E-state index in [4.69, 9.17) is 0 Å². The summed E-state index contributed by atoms with van der Waals surface area (Å²) in [5.74, 6) is 0. The highest BCUT2D eigenvalue weighted by Crippen LogP contribution is 2.24. The van der Waals surface area contributed by atoms with Gasteiger partial charge in [-0.3, -0.25) is 0 Å². The molecule has 2 amide bonds. The SMILES string of the molecule is C=CC1CCCN1C(=O)N1CCCC1C=C. The summed E-state index contributed by atoms with van der Waals surface area (Å²) in [6, 6.07) is 0.641. The molecule has 3 heteroatoms. The fourth-order valence-electron chi connectivity index (χ4n) is 2.72. The first-order valence-corrected chi connectivity index (χ1v) is 6.10. The molecule has 0 bridgehead atoms. The first-order chi connectivity index (χ1) is 7.77. The minimum atomic E-state index is 0.171. The van der Waals surface area contributed by atoms with E-state index >= 15 is 0 Å². The molecule has 2 heterocycles. The van der Waals surface area contributed by atoms with Crippen molar-refractivity contribution in [3.63, 3.8) is 0 Å². The maximum atomic E-state index is 12.3. The lowest BCUT2D eigenvalue weighted by Crippen LogP contribution is -2.46. The molecule has 0 N–H and O–H groups in total. The third-order valence-electron chi connectivity index (χ3n) is 3.63. The second-order valence-electron chi connectivity index (χ2n) is 4.56. The lowest BCUT2D eigenvalue weighted by Gasteiger charge is -2.30. The fourth-order valence-corrected chi connectivity index (χ4v) is 2.72. The summed E-state index contributed by atoms with van der Waals surface area (Å²) in [4.78, 5) is 16.2. The minimum Gasteiger partial charge on any atom is -0.318 e. The molecule has 0 saturated carbocycles. The summed E-state index contributed by atoms with van der Waals surface area (Å²) in [7, 11) is 0. The number of likely N-dealkylation sites (tertiary alicyclic amines) is 2. The van der Waals surface area contributed by atoms with E-state index in [0.717, 1.165) is 38.8 Å². The van der Waals surface area contributed by atoms with E-state index in [0.29, 0.717) is 0 Å². The van der Waals surface area contributed by atoms with Crippen molar-refractivity contribution in [2.24, 2.45) is 0 Å². The van der Waals surface area contributed by atoms with Crippen LogP contribution in [0.25, 0.3) is 0 Å². The summed E-state index contributed by atoms with van der Waals surface area (Å²) >= 11 is 0. The number of amides is 2. The Bertz CT molecular complexity index is 272. The number of carbonyl (C=O) groups is 1. The fraction of sp³-hybridized carbons (Fsp3) is 0.615. The Labute approximate surface area is 97.4 Å². The van der Waals surface area contributed by atoms with Crippen LogP contribution in [0.15, 0.2) is 25.3 Å². The lowest BCUT2D eigenvalue weighted by molar-refractivity contribution is 0.156. The highest BCUT2D eigenvalue weighted by atomic mass is 16.2. The molecule has 16 heavy (non-hydrogen) atoms. The van der Waals surface area contributed by atoms with Gasteiger partial charge in [0.25, 0.3) is 0 Å². The van der Waals surface area contributed by atoms with Gasteiger partial charge in [-0.2, -0.15) is 0 Å². The van der Waals surface area contributed by atoms with Crippen molar-refractivity contribution in [3.05, 3.63) is 25.3 Å². The molecule has 0 aromatic heterocycles. The molecule has 0 spiro atoms. The van der Waals surface area contributed by atoms with Gasteiger partial charge in [-0.15, -0.1) is 13.2 Å². The van der Waals surface area contributed by atoms with E-state index in [2.05, 4.69) is 13.2 Å². The molecule has 2 unspecified atom stereocenters. The average molecular weight is 220 g/mol. The number of rotatable bonds is 2. The van der Waals surface area contributed by atoms with E-state index in [-0.39, 0.29) is 18.1 Å². The van der Waals surface area contributed by atoms with Crippen LogP contribution in [0.5, 0.6) is 0 Å². The van der Waals surface area contributed by atoms with Gasteiger partial charge in [0.2, 0.25) is 0 Å². The van der Waals surface area contributed by atoms with Crippen molar-refractivity contribution in [3.8, 4) is 0 Å². The quantitative estimate of drug-likeness (QED) is 0.655. The number of nitrogens with zero attached hydrogens (tertiary/aromatic N) is 2. The molecule has 0 radical (unpaired) electrons. The smallest absolute Gasteiger partial charge is 0.318 e. The van der Waals surface area contributed by atoms with E-state index in [1.54, 1.807) is 0 Å². The van der Waals surface area contributed by atoms with Gasteiger partial charge in [-0.1, -0.05) is 12.2 Å². The van der Waals surface area contributed by atoms with Crippen LogP contribution < -0.4 is 0 Å². The van der Waals surface area contributed by atoms with Crippen LogP contribution in [0.4, 0.5) is 4.79 Å². The van der Waals surface area contributed by atoms with Gasteiger partial charge in [0.05, 0.1) is 12.1 Å². The van der Waals surface area contributed by atoms with Crippen LogP contribution in [0.2, 0.25) is 0 Å². The predicted octanol–water partition coefficient (Wildman–Crippen LogP) is 2.41. The van der Waals surface area contributed by atoms with Crippen molar-refractivity contribution in [1.29, 1.82) is 0 Å². The zero-order chi connectivity index (χ0) is 11.5. The van der Waals surface area contributed by atoms with Crippen LogP contribution in [0, 0.1) is 0 Å². The van der Waals surface area contributed by atoms with Crippen LogP contribution in [0.3, 0.4) is 0 Å². The first kappa shape index (κ1) is 11.2. The van der Waals surface area contributed by atoms with Crippen LogP contribution >= 0.6 is 0 Å². The highest BCUT2D eigenvalue weighted by molar-refractivity contribution is 5.76. The standard InChI is InChI=1S/C13H20N2O/c1-3-11-7-5-9-14(11)13(16)15-10-6-8-12(15)4-2/h3-4,11-12H,1-2,5-10H2. The molecule has 3 nitrogen and oxygen atoms in total. The maximum Gasteiger partial charge on any atom is 0.320 e. The molecular formula is C13H20N2O. The van der Waals surface area contributed by atoms with Crippen LogP contribution in [0.1, 0.15) is 25.7 Å². The van der Waals surface area contributed by atoms with Crippen molar-refractivity contribution < 1.29 is 4.79 Å². The van der Waals surface area contributed by atoms with Crippen molar-refractivity contribution >= 4 is 6.03 Å². The normalized spacial score (nSPS) is 29.5. The molecule has 2 atom stereocenters. The monoisotopic (exact) mass is 220 g/mol. The molecule has 0 aromatic rings. The zero-order valence-corrected chi connectivity index (χ0v) is 9.77. The lowest BCUT2D eigenvalue weighted by atomic mass is 10.2. The molecule has 88 valence electrons. The van der Waals surface area contributed by atoms with E-state index < -0.39 is 0 Å². The Morgan fingerprint density at radius 1 is 1.00 bits per heavy atom. The Balaban J connectivity index is 2.06. The largest absolute Gasteiger partial charge is 0.320 e. The van der Waals surface area contributed by atoms with Crippen molar-refractivity contribution in [1.82, 2.24) is 9.80 Å². The maximum absolute atomic E-state index is 12.3.